The number of nitrogens with zero attached hydrogens (tertiary/aromatic N) is 1. The van der Waals surface area contributed by atoms with E-state index in [0.717, 1.165) is 16.7 Å². The molecule has 2 aromatic carbocycles. The van der Waals surface area contributed by atoms with Crippen LogP contribution in [0.2, 0.25) is 0 Å². The van der Waals surface area contributed by atoms with Crippen molar-refractivity contribution in [2.75, 3.05) is 19.1 Å². The largest absolute Gasteiger partial charge is 0.497 e. The van der Waals surface area contributed by atoms with Gasteiger partial charge in [-0.15, -0.1) is 11.8 Å². The molecule has 12 heteroatoms. The summed E-state index contributed by atoms with van der Waals surface area (Å²) in [7, 11) is -2.44. The summed E-state index contributed by atoms with van der Waals surface area (Å²) in [4.78, 5) is 39.6. The van der Waals surface area contributed by atoms with E-state index in [1.54, 1.807) is 36.4 Å². The Labute approximate surface area is 212 Å². The summed E-state index contributed by atoms with van der Waals surface area (Å²) >= 11 is 1.18. The highest BCUT2D eigenvalue weighted by molar-refractivity contribution is 8.00. The Balaban J connectivity index is 1.49. The van der Waals surface area contributed by atoms with Crippen LogP contribution in [-0.2, 0) is 46.4 Å². The first-order chi connectivity index (χ1) is 17.2. The maximum Gasteiger partial charge on any atom is 0.359 e. The standard InChI is InChI=1S/C24H24N2O8S2/c1-32-17-10-8-16(9-11-17)13-33-24(29)21-18(34-36(2,30)31)14-35-23-20(22(28)26(21)23)25-19(27)12-15-6-4-3-5-7-15/h3-11,20,23H,12-14H2,1-2H3,(H,25,27)/t20-,23-/m1/s1. The van der Waals surface area contributed by atoms with Crippen LogP contribution in [0.5, 0.6) is 5.75 Å². The number of thioether (sulfide) groups is 1. The van der Waals surface area contributed by atoms with Gasteiger partial charge in [-0.05, 0) is 23.3 Å². The highest BCUT2D eigenvalue weighted by Crippen LogP contribution is 2.41. The fourth-order valence-electron chi connectivity index (χ4n) is 3.77. The second kappa shape index (κ2) is 10.6. The number of hydrogen-bond acceptors (Lipinski definition) is 9. The molecule has 2 aromatic rings. The number of amides is 2. The van der Waals surface area contributed by atoms with Crippen molar-refractivity contribution in [1.82, 2.24) is 10.2 Å². The molecule has 2 amide bonds. The number of esters is 1. The quantitative estimate of drug-likeness (QED) is 0.291. The first kappa shape index (κ1) is 25.6. The van der Waals surface area contributed by atoms with Crippen LogP contribution in [-0.4, -0.2) is 61.6 Å². The summed E-state index contributed by atoms with van der Waals surface area (Å²) in [5.41, 5.74) is 1.18. The van der Waals surface area contributed by atoms with Gasteiger partial charge in [-0.3, -0.25) is 14.5 Å². The van der Waals surface area contributed by atoms with E-state index in [2.05, 4.69) is 5.32 Å². The second-order valence-corrected chi connectivity index (χ2v) is 10.8. The molecule has 36 heavy (non-hydrogen) atoms. The molecule has 1 fully saturated rings. The minimum atomic E-state index is -3.97. The maximum atomic E-state index is 13.0. The molecule has 1 N–H and O–H groups in total. The molecule has 2 aliphatic heterocycles. The van der Waals surface area contributed by atoms with Crippen LogP contribution < -0.4 is 10.1 Å². The molecule has 0 radical (unpaired) electrons. The number of carbonyl (C=O) groups is 3. The summed E-state index contributed by atoms with van der Waals surface area (Å²) in [6.45, 7) is -0.116. The lowest BCUT2D eigenvalue weighted by Gasteiger charge is -2.49. The normalized spacial score (nSPS) is 19.2. The molecule has 0 aliphatic carbocycles. The Bertz CT molecular complexity index is 1290. The third-order valence-electron chi connectivity index (χ3n) is 5.43. The van der Waals surface area contributed by atoms with Gasteiger partial charge in [-0.2, -0.15) is 8.42 Å². The van der Waals surface area contributed by atoms with Gasteiger partial charge >= 0.3 is 16.1 Å². The van der Waals surface area contributed by atoms with E-state index >= 15 is 0 Å². The summed E-state index contributed by atoms with van der Waals surface area (Å²) in [6, 6.07) is 15.0. The van der Waals surface area contributed by atoms with Crippen LogP contribution >= 0.6 is 11.8 Å². The van der Waals surface area contributed by atoms with E-state index in [-0.39, 0.29) is 36.1 Å². The molecule has 0 aromatic heterocycles. The van der Waals surface area contributed by atoms with Gasteiger partial charge in [-0.25, -0.2) is 4.79 Å². The molecule has 0 spiro atoms. The van der Waals surface area contributed by atoms with Gasteiger partial charge in [0.1, 0.15) is 23.8 Å². The molecular formula is C24H24N2O8S2. The molecule has 2 atom stereocenters. The van der Waals surface area contributed by atoms with Crippen LogP contribution in [0.4, 0.5) is 0 Å². The van der Waals surface area contributed by atoms with Gasteiger partial charge in [0.25, 0.3) is 5.91 Å². The van der Waals surface area contributed by atoms with Crippen LogP contribution in [0.15, 0.2) is 66.1 Å². The lowest BCUT2D eigenvalue weighted by molar-refractivity contribution is -0.153. The fraction of sp³-hybridized carbons (Fsp3) is 0.292. The van der Waals surface area contributed by atoms with Crippen molar-refractivity contribution in [2.45, 2.75) is 24.4 Å². The number of carbonyl (C=O) groups excluding carboxylic acids is 3. The van der Waals surface area contributed by atoms with E-state index in [1.807, 2.05) is 18.2 Å². The predicted octanol–water partition coefficient (Wildman–Crippen LogP) is 1.57. The highest BCUT2D eigenvalue weighted by Gasteiger charge is 2.55. The van der Waals surface area contributed by atoms with Gasteiger partial charge in [-0.1, -0.05) is 42.5 Å². The summed E-state index contributed by atoms with van der Waals surface area (Å²) in [6.07, 6.45) is 0.943. The Kier molecular flexibility index (Phi) is 7.55. The van der Waals surface area contributed by atoms with E-state index < -0.39 is 33.4 Å². The van der Waals surface area contributed by atoms with E-state index in [0.29, 0.717) is 11.3 Å². The Morgan fingerprint density at radius 2 is 1.78 bits per heavy atom. The Morgan fingerprint density at radius 1 is 1.08 bits per heavy atom. The van der Waals surface area contributed by atoms with E-state index in [1.165, 1.54) is 18.9 Å². The highest BCUT2D eigenvalue weighted by atomic mass is 32.2. The number of methoxy groups -OCH3 is 1. The first-order valence-corrected chi connectivity index (χ1v) is 13.7. The molecule has 190 valence electrons. The zero-order chi connectivity index (χ0) is 25.9. The number of ether oxygens (including phenoxy) is 2. The molecule has 1 saturated heterocycles. The lowest BCUT2D eigenvalue weighted by Crippen LogP contribution is -2.70. The van der Waals surface area contributed by atoms with Crippen molar-refractivity contribution < 1.29 is 36.5 Å². The van der Waals surface area contributed by atoms with E-state index in [4.69, 9.17) is 13.7 Å². The van der Waals surface area contributed by atoms with Crippen LogP contribution in [0, 0.1) is 0 Å². The number of benzene rings is 2. The number of nitrogens with one attached hydrogen (secondary N) is 1. The molecule has 0 saturated carbocycles. The molecule has 4 rings (SSSR count). The second-order valence-electron chi connectivity index (χ2n) is 8.10. The van der Waals surface area contributed by atoms with Gasteiger partial charge in [0.2, 0.25) is 5.91 Å². The number of rotatable bonds is 9. The van der Waals surface area contributed by atoms with Gasteiger partial charge in [0, 0.05) is 0 Å². The van der Waals surface area contributed by atoms with Crippen molar-refractivity contribution in [3.05, 3.63) is 77.2 Å². The Hall–Kier alpha value is -3.51. The lowest BCUT2D eigenvalue weighted by atomic mass is 10.0. The summed E-state index contributed by atoms with van der Waals surface area (Å²) in [5, 5.41) is 2.10. The smallest absolute Gasteiger partial charge is 0.359 e. The fourth-order valence-corrected chi connectivity index (χ4v) is 5.60. The zero-order valence-corrected chi connectivity index (χ0v) is 21.1. The average molecular weight is 533 g/mol. The number of hydrogen-bond donors (Lipinski definition) is 1. The van der Waals surface area contributed by atoms with Crippen molar-refractivity contribution in [1.29, 1.82) is 0 Å². The van der Waals surface area contributed by atoms with Crippen molar-refractivity contribution in [2.24, 2.45) is 0 Å². The van der Waals surface area contributed by atoms with Gasteiger partial charge in [0.15, 0.2) is 11.5 Å². The average Bonchev–Trinajstić information content (AvgIpc) is 2.85. The third-order valence-corrected chi connectivity index (χ3v) is 7.19. The van der Waals surface area contributed by atoms with Crippen LogP contribution in [0.25, 0.3) is 0 Å². The maximum absolute atomic E-state index is 13.0. The summed E-state index contributed by atoms with van der Waals surface area (Å²) < 4.78 is 39.1. The summed E-state index contributed by atoms with van der Waals surface area (Å²) in [5.74, 6) is -1.36. The van der Waals surface area contributed by atoms with Gasteiger partial charge in [0.05, 0.1) is 25.5 Å². The minimum Gasteiger partial charge on any atom is -0.497 e. The molecular weight excluding hydrogens is 508 g/mol. The molecule has 2 aliphatic rings. The van der Waals surface area contributed by atoms with Crippen LogP contribution in [0.3, 0.4) is 0 Å². The van der Waals surface area contributed by atoms with Crippen molar-refractivity contribution >= 4 is 39.7 Å². The van der Waals surface area contributed by atoms with Crippen molar-refractivity contribution in [3.63, 3.8) is 0 Å². The monoisotopic (exact) mass is 532 g/mol. The molecule has 0 unspecified atom stereocenters. The first-order valence-electron chi connectivity index (χ1n) is 10.9. The zero-order valence-electron chi connectivity index (χ0n) is 19.5. The number of fused-ring (bicyclic) bond motifs is 1. The predicted molar refractivity (Wildman–Crippen MR) is 131 cm³/mol. The van der Waals surface area contributed by atoms with Gasteiger partial charge < -0.3 is 19.0 Å². The van der Waals surface area contributed by atoms with Crippen LogP contribution in [0.1, 0.15) is 11.1 Å². The molecule has 10 nitrogen and oxygen atoms in total. The molecule has 2 heterocycles. The Morgan fingerprint density at radius 3 is 2.42 bits per heavy atom. The molecule has 0 bridgehead atoms. The topological polar surface area (TPSA) is 128 Å². The van der Waals surface area contributed by atoms with Crippen molar-refractivity contribution in [3.8, 4) is 5.75 Å². The SMILES string of the molecule is COc1ccc(COC(=O)C2=C(OS(C)(=O)=O)CS[C@@H]3[C@H](NC(=O)Cc4ccccc4)C(=O)N23)cc1. The third kappa shape index (κ3) is 5.82. The number of β-lactam (4-membered cyclic amide) rings is 1. The van der Waals surface area contributed by atoms with E-state index in [9.17, 15) is 22.8 Å². The minimum absolute atomic E-state index is 0.000455.